The van der Waals surface area contributed by atoms with Gasteiger partial charge in [0.25, 0.3) is 0 Å². The Morgan fingerprint density at radius 3 is 3.07 bits per heavy atom. The average molecular weight is 425 g/mol. The lowest BCUT2D eigenvalue weighted by atomic mass is 9.84. The van der Waals surface area contributed by atoms with E-state index in [1.807, 2.05) is 23.5 Å². The van der Waals surface area contributed by atoms with Gasteiger partial charge in [-0.15, -0.1) is 0 Å². The molecular formula is C20H17BrN4O2. The van der Waals surface area contributed by atoms with Gasteiger partial charge in [0.1, 0.15) is 6.34 Å². The number of hydrogen-bond donors (Lipinski definition) is 3. The Hall–Kier alpha value is -2.93. The van der Waals surface area contributed by atoms with Crippen LogP contribution in [0.15, 0.2) is 51.8 Å². The molecular weight excluding hydrogens is 408 g/mol. The van der Waals surface area contributed by atoms with Gasteiger partial charge in [-0.3, -0.25) is 10.4 Å². The van der Waals surface area contributed by atoms with Gasteiger partial charge in [0, 0.05) is 33.4 Å². The van der Waals surface area contributed by atoms with Crippen molar-refractivity contribution < 1.29 is 9.84 Å². The summed E-state index contributed by atoms with van der Waals surface area (Å²) in [6.07, 6.45) is 12.7. The van der Waals surface area contributed by atoms with Crippen molar-refractivity contribution >= 4 is 34.0 Å². The number of nitrogens with one attached hydrogen (secondary N) is 2. The van der Waals surface area contributed by atoms with Crippen LogP contribution < -0.4 is 10.2 Å². The van der Waals surface area contributed by atoms with Crippen LogP contribution in [-0.2, 0) is 0 Å². The number of aromatic nitrogens is 1. The molecule has 27 heavy (non-hydrogen) atoms. The first-order valence-electron chi connectivity index (χ1n) is 8.61. The van der Waals surface area contributed by atoms with Crippen molar-refractivity contribution in [2.45, 2.75) is 12.3 Å². The van der Waals surface area contributed by atoms with Crippen molar-refractivity contribution in [2.75, 3.05) is 7.11 Å². The van der Waals surface area contributed by atoms with Crippen LogP contribution in [-0.4, -0.2) is 28.5 Å². The number of aliphatic imine (C=N–C) groups is 1. The van der Waals surface area contributed by atoms with Crippen molar-refractivity contribution in [1.82, 2.24) is 15.4 Å². The van der Waals surface area contributed by atoms with Gasteiger partial charge < -0.3 is 14.8 Å². The van der Waals surface area contributed by atoms with Gasteiger partial charge in [-0.1, -0.05) is 28.1 Å². The highest BCUT2D eigenvalue weighted by molar-refractivity contribution is 9.10. The van der Waals surface area contributed by atoms with Gasteiger partial charge in [0.05, 0.1) is 24.7 Å². The number of aromatic amines is 1. The van der Waals surface area contributed by atoms with Gasteiger partial charge in [0.15, 0.2) is 11.5 Å². The fourth-order valence-electron chi connectivity index (χ4n) is 3.91. The molecule has 1 aliphatic carbocycles. The lowest BCUT2D eigenvalue weighted by Gasteiger charge is -2.32. The van der Waals surface area contributed by atoms with Crippen molar-refractivity contribution in [3.63, 3.8) is 0 Å². The number of halogens is 1. The number of hydrazine groups is 1. The van der Waals surface area contributed by atoms with Crippen molar-refractivity contribution in [3.05, 3.63) is 69.2 Å². The maximum Gasteiger partial charge on any atom is 0.161 e. The summed E-state index contributed by atoms with van der Waals surface area (Å²) in [5.41, 5.74) is 9.76. The predicted molar refractivity (Wildman–Crippen MR) is 108 cm³/mol. The molecule has 136 valence electrons. The second-order valence-corrected chi connectivity index (χ2v) is 7.44. The third kappa shape index (κ3) is 2.42. The second-order valence-electron chi connectivity index (χ2n) is 6.59. The zero-order valence-corrected chi connectivity index (χ0v) is 16.1. The van der Waals surface area contributed by atoms with E-state index >= 15 is 0 Å². The monoisotopic (exact) mass is 424 g/mol. The Morgan fingerprint density at radius 2 is 2.22 bits per heavy atom. The lowest BCUT2D eigenvalue weighted by Crippen LogP contribution is -2.36. The van der Waals surface area contributed by atoms with Crippen LogP contribution in [0.1, 0.15) is 34.7 Å². The molecule has 3 N–H and O–H groups in total. The molecule has 0 saturated carbocycles. The molecule has 1 aromatic carbocycles. The van der Waals surface area contributed by atoms with E-state index in [1.54, 1.807) is 19.5 Å². The minimum atomic E-state index is 0.0982. The van der Waals surface area contributed by atoms with E-state index in [9.17, 15) is 5.11 Å². The summed E-state index contributed by atoms with van der Waals surface area (Å²) in [6, 6.07) is 3.60. The fourth-order valence-corrected chi connectivity index (χ4v) is 4.51. The van der Waals surface area contributed by atoms with Crippen LogP contribution in [0.4, 0.5) is 0 Å². The fraction of sp³-hybridized carbons (Fsp3) is 0.150. The van der Waals surface area contributed by atoms with Gasteiger partial charge in [-0.05, 0) is 30.2 Å². The molecule has 0 saturated heterocycles. The Kier molecular flexibility index (Phi) is 3.65. The van der Waals surface area contributed by atoms with Crippen molar-refractivity contribution in [3.8, 4) is 11.5 Å². The van der Waals surface area contributed by atoms with E-state index < -0.39 is 0 Å². The zero-order valence-electron chi connectivity index (χ0n) is 14.5. The molecule has 6 nitrogen and oxygen atoms in total. The van der Waals surface area contributed by atoms with Gasteiger partial charge in [-0.2, -0.15) is 0 Å². The summed E-state index contributed by atoms with van der Waals surface area (Å²) in [5, 5.41) is 12.3. The highest BCUT2D eigenvalue weighted by Crippen LogP contribution is 2.46. The van der Waals surface area contributed by atoms with E-state index in [-0.39, 0.29) is 11.7 Å². The molecule has 1 aromatic heterocycles. The van der Waals surface area contributed by atoms with E-state index in [0.29, 0.717) is 5.75 Å². The van der Waals surface area contributed by atoms with Crippen LogP contribution in [0.5, 0.6) is 11.5 Å². The maximum atomic E-state index is 10.3. The normalized spacial score (nSPS) is 19.5. The molecule has 7 heteroatoms. The number of methoxy groups -OCH3 is 1. The summed E-state index contributed by atoms with van der Waals surface area (Å²) < 4.78 is 6.13. The van der Waals surface area contributed by atoms with Crippen LogP contribution in [0.2, 0.25) is 0 Å². The Bertz CT molecular complexity index is 1060. The predicted octanol–water partition coefficient (Wildman–Crippen LogP) is 4.08. The molecule has 2 aliphatic heterocycles. The molecule has 0 radical (unpaired) electrons. The minimum absolute atomic E-state index is 0.0982. The van der Waals surface area contributed by atoms with E-state index in [4.69, 9.17) is 4.74 Å². The number of nitrogens with zero attached hydrogens (tertiary/aromatic N) is 2. The van der Waals surface area contributed by atoms with Crippen molar-refractivity contribution in [1.29, 1.82) is 0 Å². The van der Waals surface area contributed by atoms with Crippen LogP contribution >= 0.6 is 15.9 Å². The highest BCUT2D eigenvalue weighted by Gasteiger charge is 2.33. The quantitative estimate of drug-likeness (QED) is 0.678. The molecule has 2 aromatic rings. The largest absolute Gasteiger partial charge is 0.504 e. The number of H-pyrrole nitrogens is 1. The lowest BCUT2D eigenvalue weighted by molar-refractivity contribution is 0.372. The summed E-state index contributed by atoms with van der Waals surface area (Å²) in [5.74, 6) is 0.695. The Balaban J connectivity index is 1.64. The number of fused-ring (bicyclic) bond motifs is 2. The minimum Gasteiger partial charge on any atom is -0.504 e. The van der Waals surface area contributed by atoms with Gasteiger partial charge in [0.2, 0.25) is 0 Å². The number of ether oxygens (including phenoxy) is 1. The number of aromatic hydroxyl groups is 1. The van der Waals surface area contributed by atoms with Gasteiger partial charge >= 0.3 is 0 Å². The summed E-state index contributed by atoms with van der Waals surface area (Å²) in [6.45, 7) is 0. The first kappa shape index (κ1) is 16.3. The highest BCUT2D eigenvalue weighted by atomic mass is 79.9. The van der Waals surface area contributed by atoms with E-state index in [0.717, 1.165) is 44.7 Å². The number of allylic oxidation sites excluding steroid dienone is 2. The summed E-state index contributed by atoms with van der Waals surface area (Å²) in [4.78, 5) is 7.65. The molecule has 5 rings (SSSR count). The molecule has 3 heterocycles. The average Bonchev–Trinajstić information content (AvgIpc) is 3.04. The molecule has 0 bridgehead atoms. The van der Waals surface area contributed by atoms with E-state index in [2.05, 4.69) is 49.6 Å². The summed E-state index contributed by atoms with van der Waals surface area (Å²) in [7, 11) is 1.55. The molecule has 0 amide bonds. The molecule has 3 aliphatic rings. The topological polar surface area (TPSA) is 72.9 Å². The smallest absolute Gasteiger partial charge is 0.161 e. The standard InChI is InChI=1S/C20H17BrN4O2/c1-27-18-7-15(21)14(6-17(18)26)13-4-5-16-19-11(8-23-20(13)19)2-3-12-9-22-10-24-25(12)16/h2-3,5-10,13,23,26H,4H2,1H3,(H,22,24). The molecule has 1 atom stereocenters. The second kappa shape index (κ2) is 6.06. The third-order valence-corrected chi connectivity index (χ3v) is 5.85. The number of benzene rings is 1. The molecule has 0 fully saturated rings. The van der Waals surface area contributed by atoms with Crippen molar-refractivity contribution in [2.24, 2.45) is 4.99 Å². The van der Waals surface area contributed by atoms with Gasteiger partial charge in [-0.25, -0.2) is 4.99 Å². The Morgan fingerprint density at radius 1 is 1.33 bits per heavy atom. The first-order valence-corrected chi connectivity index (χ1v) is 9.41. The molecule has 1 unspecified atom stereocenters. The first-order chi connectivity index (χ1) is 13.2. The third-order valence-electron chi connectivity index (χ3n) is 5.17. The zero-order chi connectivity index (χ0) is 18.5. The summed E-state index contributed by atoms with van der Waals surface area (Å²) >= 11 is 3.64. The number of phenolic OH excluding ortho intramolecular Hbond substituents is 1. The van der Waals surface area contributed by atoms with E-state index in [1.165, 1.54) is 0 Å². The van der Waals surface area contributed by atoms with Crippen LogP contribution in [0, 0.1) is 0 Å². The number of hydrogen-bond acceptors (Lipinski definition) is 5. The Labute approximate surface area is 164 Å². The van der Waals surface area contributed by atoms with Crippen LogP contribution in [0.25, 0.3) is 11.8 Å². The number of phenols is 1. The number of rotatable bonds is 2. The van der Waals surface area contributed by atoms with Crippen LogP contribution in [0.3, 0.4) is 0 Å². The molecule has 0 spiro atoms. The SMILES string of the molecule is COc1cc(Br)c(C2CC=C3c4c(c[nH]c42)C=CC2=CN=CNN23)cc1O. The maximum absolute atomic E-state index is 10.3.